The molecule has 3 aliphatic heterocycles. The predicted octanol–water partition coefficient (Wildman–Crippen LogP) is 4.30. The lowest BCUT2D eigenvalue weighted by atomic mass is 10.3. The van der Waals surface area contributed by atoms with Crippen molar-refractivity contribution >= 4 is 40.6 Å². The SMILES string of the molecule is CCC.CSc1ccc(F)cc1.NC(=S)C1CN=C2C=CC(N3CCCC3)=NN21. The molecule has 4 rings (SSSR count). The van der Waals surface area contributed by atoms with Gasteiger partial charge in [-0.3, -0.25) is 4.99 Å². The van der Waals surface area contributed by atoms with E-state index in [1.807, 2.05) is 23.4 Å². The summed E-state index contributed by atoms with van der Waals surface area (Å²) in [5.41, 5.74) is 5.71. The molecule has 3 aliphatic rings. The summed E-state index contributed by atoms with van der Waals surface area (Å²) in [4.78, 5) is 8.23. The zero-order valence-corrected chi connectivity index (χ0v) is 19.0. The van der Waals surface area contributed by atoms with Crippen LogP contribution in [0.5, 0.6) is 0 Å². The third-order valence-electron chi connectivity index (χ3n) is 4.36. The van der Waals surface area contributed by atoms with Crippen LogP contribution in [0.2, 0.25) is 0 Å². The van der Waals surface area contributed by atoms with Crippen molar-refractivity contribution in [1.29, 1.82) is 0 Å². The summed E-state index contributed by atoms with van der Waals surface area (Å²) < 4.78 is 12.2. The van der Waals surface area contributed by atoms with E-state index in [2.05, 4.69) is 28.8 Å². The molecule has 2 N–H and O–H groups in total. The number of likely N-dealkylation sites (tertiary alicyclic amines) is 1. The summed E-state index contributed by atoms with van der Waals surface area (Å²) in [6.07, 6.45) is 9.73. The van der Waals surface area contributed by atoms with Gasteiger partial charge in [0.2, 0.25) is 0 Å². The predicted molar refractivity (Wildman–Crippen MR) is 126 cm³/mol. The first-order valence-electron chi connectivity index (χ1n) is 9.94. The largest absolute Gasteiger partial charge is 0.391 e. The van der Waals surface area contributed by atoms with Crippen LogP contribution in [0.1, 0.15) is 33.1 Å². The molecule has 0 bridgehead atoms. The Balaban J connectivity index is 0.000000211. The molecule has 1 fully saturated rings. The van der Waals surface area contributed by atoms with Crippen molar-refractivity contribution in [2.45, 2.75) is 44.0 Å². The highest BCUT2D eigenvalue weighted by atomic mass is 32.2. The molecule has 0 amide bonds. The summed E-state index contributed by atoms with van der Waals surface area (Å²) in [7, 11) is 0. The molecule has 0 spiro atoms. The Morgan fingerprint density at radius 1 is 1.17 bits per heavy atom. The number of thiocarbonyl (C=S) groups is 1. The smallest absolute Gasteiger partial charge is 0.149 e. The number of amidine groups is 2. The van der Waals surface area contributed by atoms with Crippen LogP contribution in [0.25, 0.3) is 0 Å². The zero-order chi connectivity index (χ0) is 21.2. The highest BCUT2D eigenvalue weighted by Gasteiger charge is 2.31. The number of hydrazone groups is 1. The minimum atomic E-state index is -0.173. The number of aliphatic imine (C=N–C) groups is 1. The molecular formula is C21H30FN5S2. The van der Waals surface area contributed by atoms with Gasteiger partial charge in [0, 0.05) is 18.0 Å². The van der Waals surface area contributed by atoms with Crippen LogP contribution in [-0.2, 0) is 0 Å². The lowest BCUT2D eigenvalue weighted by Crippen LogP contribution is -2.44. The first-order valence-corrected chi connectivity index (χ1v) is 11.6. The van der Waals surface area contributed by atoms with Gasteiger partial charge in [0.1, 0.15) is 23.5 Å². The minimum absolute atomic E-state index is 0.0532. The third-order valence-corrected chi connectivity index (χ3v) is 5.37. The van der Waals surface area contributed by atoms with Crippen LogP contribution in [0.15, 0.2) is 51.4 Å². The van der Waals surface area contributed by atoms with E-state index in [1.165, 1.54) is 31.4 Å². The number of fused-ring (bicyclic) bond motifs is 1. The molecule has 1 aromatic rings. The Kier molecular flexibility index (Phi) is 9.60. The standard InChI is InChI=1S/C11H15N5S.C7H7FS.C3H8/c12-11(17)8-7-13-9-3-4-10(14-16(8)9)15-5-1-2-6-15;1-9-7-4-2-6(8)3-5-7;1-3-2/h3-4,8H,1-2,5-7H2,(H2,12,17);2-5H,1H3;3H2,1-2H3. The van der Waals surface area contributed by atoms with Gasteiger partial charge in [-0.05, 0) is 55.5 Å². The number of hydrogen-bond donors (Lipinski definition) is 1. The van der Waals surface area contributed by atoms with Crippen LogP contribution in [0.4, 0.5) is 4.39 Å². The van der Waals surface area contributed by atoms with Crippen LogP contribution < -0.4 is 5.73 Å². The molecule has 1 unspecified atom stereocenters. The van der Waals surface area contributed by atoms with Crippen molar-refractivity contribution in [3.8, 4) is 0 Å². The normalized spacial score (nSPS) is 19.4. The second kappa shape index (κ2) is 11.9. The second-order valence-electron chi connectivity index (χ2n) is 6.81. The number of halogens is 1. The summed E-state index contributed by atoms with van der Waals surface area (Å²) in [5.74, 6) is 1.70. The molecule has 29 heavy (non-hydrogen) atoms. The molecule has 8 heteroatoms. The van der Waals surface area contributed by atoms with E-state index in [0.717, 1.165) is 29.7 Å². The van der Waals surface area contributed by atoms with Crippen molar-refractivity contribution < 1.29 is 4.39 Å². The van der Waals surface area contributed by atoms with E-state index < -0.39 is 0 Å². The third kappa shape index (κ3) is 6.82. The van der Waals surface area contributed by atoms with Gasteiger partial charge in [0.15, 0.2) is 0 Å². The lowest BCUT2D eigenvalue weighted by molar-refractivity contribution is 0.413. The number of nitrogens with zero attached hydrogens (tertiary/aromatic N) is 4. The fourth-order valence-electron chi connectivity index (χ4n) is 2.93. The van der Waals surface area contributed by atoms with Crippen molar-refractivity contribution in [2.24, 2.45) is 15.8 Å². The van der Waals surface area contributed by atoms with Crippen molar-refractivity contribution in [1.82, 2.24) is 9.91 Å². The molecule has 0 aliphatic carbocycles. The Morgan fingerprint density at radius 3 is 2.31 bits per heavy atom. The van der Waals surface area contributed by atoms with Gasteiger partial charge < -0.3 is 10.6 Å². The van der Waals surface area contributed by atoms with Gasteiger partial charge in [0.05, 0.1) is 11.5 Å². The van der Waals surface area contributed by atoms with Gasteiger partial charge in [-0.2, -0.15) is 5.10 Å². The van der Waals surface area contributed by atoms with E-state index in [0.29, 0.717) is 11.5 Å². The molecule has 1 atom stereocenters. The monoisotopic (exact) mass is 435 g/mol. The Morgan fingerprint density at radius 2 is 1.76 bits per heavy atom. The van der Waals surface area contributed by atoms with Crippen LogP contribution in [0.3, 0.4) is 0 Å². The molecular weight excluding hydrogens is 405 g/mol. The van der Waals surface area contributed by atoms with E-state index in [1.54, 1.807) is 23.9 Å². The maximum absolute atomic E-state index is 12.2. The summed E-state index contributed by atoms with van der Waals surface area (Å²) >= 11 is 6.66. The lowest BCUT2D eigenvalue weighted by Gasteiger charge is -2.27. The van der Waals surface area contributed by atoms with E-state index in [4.69, 9.17) is 18.0 Å². The summed E-state index contributed by atoms with van der Waals surface area (Å²) in [5, 5.41) is 6.48. The van der Waals surface area contributed by atoms with Crippen molar-refractivity contribution in [3.63, 3.8) is 0 Å². The summed E-state index contributed by atoms with van der Waals surface area (Å²) in [6, 6.07) is 6.40. The number of benzene rings is 1. The van der Waals surface area contributed by atoms with Gasteiger partial charge in [-0.25, -0.2) is 9.40 Å². The molecule has 5 nitrogen and oxygen atoms in total. The van der Waals surface area contributed by atoms with E-state index in [-0.39, 0.29) is 11.9 Å². The maximum Gasteiger partial charge on any atom is 0.149 e. The van der Waals surface area contributed by atoms with Crippen LogP contribution in [-0.4, -0.2) is 58.5 Å². The number of rotatable bonds is 2. The topological polar surface area (TPSA) is 57.2 Å². The van der Waals surface area contributed by atoms with Crippen molar-refractivity contribution in [3.05, 3.63) is 42.2 Å². The van der Waals surface area contributed by atoms with Gasteiger partial charge in [-0.15, -0.1) is 11.8 Å². The summed E-state index contributed by atoms with van der Waals surface area (Å²) in [6.45, 7) is 7.04. The molecule has 0 radical (unpaired) electrons. The first-order chi connectivity index (χ1) is 14.0. The molecule has 0 aromatic heterocycles. The van der Waals surface area contributed by atoms with Gasteiger partial charge in [0.25, 0.3) is 0 Å². The zero-order valence-electron chi connectivity index (χ0n) is 17.3. The highest BCUT2D eigenvalue weighted by molar-refractivity contribution is 7.98. The Labute approximate surface area is 182 Å². The molecule has 1 saturated heterocycles. The van der Waals surface area contributed by atoms with Gasteiger partial charge >= 0.3 is 0 Å². The molecule has 3 heterocycles. The fraction of sp³-hybridized carbons (Fsp3) is 0.476. The number of nitrogens with two attached hydrogens (primary N) is 1. The number of hydrogen-bond acceptors (Lipinski definition) is 6. The van der Waals surface area contributed by atoms with E-state index >= 15 is 0 Å². The average Bonchev–Trinajstić information content (AvgIpc) is 3.39. The van der Waals surface area contributed by atoms with Crippen molar-refractivity contribution in [2.75, 3.05) is 25.9 Å². The average molecular weight is 436 g/mol. The first kappa shape index (κ1) is 23.3. The Hall–Kier alpha value is -1.93. The van der Waals surface area contributed by atoms with Crippen LogP contribution >= 0.6 is 24.0 Å². The Bertz CT molecular complexity index is 755. The minimum Gasteiger partial charge on any atom is -0.391 e. The fourth-order valence-corrected chi connectivity index (χ4v) is 3.51. The van der Waals surface area contributed by atoms with Gasteiger partial charge in [-0.1, -0.05) is 32.5 Å². The van der Waals surface area contributed by atoms with E-state index in [9.17, 15) is 4.39 Å². The molecule has 1 aromatic carbocycles. The second-order valence-corrected chi connectivity index (χ2v) is 8.16. The molecule has 158 valence electrons. The van der Waals surface area contributed by atoms with Crippen LogP contribution in [0, 0.1) is 5.82 Å². The maximum atomic E-state index is 12.2. The molecule has 0 saturated carbocycles. The number of thioether (sulfide) groups is 1. The quantitative estimate of drug-likeness (QED) is 0.554. The highest BCUT2D eigenvalue weighted by Crippen LogP contribution is 2.19.